The van der Waals surface area contributed by atoms with E-state index in [1.165, 1.54) is 23.4 Å². The summed E-state index contributed by atoms with van der Waals surface area (Å²) >= 11 is 0. The molecule has 1 fully saturated rings. The van der Waals surface area contributed by atoms with E-state index in [4.69, 9.17) is 0 Å². The number of nitrogens with one attached hydrogen (secondary N) is 1. The van der Waals surface area contributed by atoms with Crippen molar-refractivity contribution in [2.45, 2.75) is 6.92 Å². The van der Waals surface area contributed by atoms with Crippen LogP contribution in [0.4, 0.5) is 21.9 Å². The number of rotatable bonds is 3. The van der Waals surface area contributed by atoms with Crippen molar-refractivity contribution in [1.82, 2.24) is 4.90 Å². The van der Waals surface area contributed by atoms with Crippen molar-refractivity contribution in [3.8, 4) is 0 Å². The predicted octanol–water partition coefficient (Wildman–Crippen LogP) is 3.26. The number of nitrogens with zero attached hydrogens (tertiary/aromatic N) is 3. The fourth-order valence-electron chi connectivity index (χ4n) is 2.86. The number of hydrogen-bond acceptors (Lipinski definition) is 4. The highest BCUT2D eigenvalue weighted by molar-refractivity contribution is 5.89. The first-order chi connectivity index (χ1) is 12.0. The number of carbonyl (C=O) groups excluding carboxylic acids is 1. The minimum Gasteiger partial charge on any atom is -0.368 e. The van der Waals surface area contributed by atoms with Gasteiger partial charge in [-0.05, 0) is 36.8 Å². The number of non-ortho nitro benzene ring substituents is 1. The molecule has 0 radical (unpaired) electrons. The van der Waals surface area contributed by atoms with E-state index in [0.29, 0.717) is 18.8 Å². The van der Waals surface area contributed by atoms with E-state index >= 15 is 0 Å². The Morgan fingerprint density at radius 2 is 1.76 bits per heavy atom. The molecule has 7 nitrogen and oxygen atoms in total. The molecule has 0 unspecified atom stereocenters. The molecule has 0 aliphatic carbocycles. The highest BCUT2D eigenvalue weighted by Crippen LogP contribution is 2.19. The Hall–Kier alpha value is -3.09. The standard InChI is InChI=1S/C18H20N4O3/c1-14-3-2-4-17(13-14)20-9-11-21(12-10-20)18(23)19-15-5-7-16(8-6-15)22(24)25/h2-8,13H,9-12H2,1H3,(H,19,23). The van der Waals surface area contributed by atoms with Crippen LogP contribution in [0.2, 0.25) is 0 Å². The van der Waals surface area contributed by atoms with E-state index in [9.17, 15) is 14.9 Å². The Balaban J connectivity index is 1.55. The summed E-state index contributed by atoms with van der Waals surface area (Å²) in [6, 6.07) is 14.0. The molecule has 1 saturated heterocycles. The monoisotopic (exact) mass is 340 g/mol. The van der Waals surface area contributed by atoms with Crippen LogP contribution in [0.25, 0.3) is 0 Å². The molecule has 25 heavy (non-hydrogen) atoms. The zero-order chi connectivity index (χ0) is 17.8. The van der Waals surface area contributed by atoms with Crippen LogP contribution in [-0.2, 0) is 0 Å². The van der Waals surface area contributed by atoms with E-state index in [0.717, 1.165) is 13.1 Å². The zero-order valence-corrected chi connectivity index (χ0v) is 14.0. The van der Waals surface area contributed by atoms with Crippen LogP contribution in [-0.4, -0.2) is 42.0 Å². The summed E-state index contributed by atoms with van der Waals surface area (Å²) in [7, 11) is 0. The maximum atomic E-state index is 12.3. The van der Waals surface area contributed by atoms with E-state index in [2.05, 4.69) is 35.3 Å². The lowest BCUT2D eigenvalue weighted by atomic mass is 10.2. The molecule has 130 valence electrons. The smallest absolute Gasteiger partial charge is 0.321 e. The number of nitro benzene ring substituents is 1. The van der Waals surface area contributed by atoms with Crippen LogP contribution < -0.4 is 10.2 Å². The van der Waals surface area contributed by atoms with Crippen LogP contribution in [0.15, 0.2) is 48.5 Å². The number of benzene rings is 2. The molecule has 1 heterocycles. The van der Waals surface area contributed by atoms with Gasteiger partial charge in [-0.2, -0.15) is 0 Å². The molecule has 2 aromatic carbocycles. The first-order valence-corrected chi connectivity index (χ1v) is 8.15. The second kappa shape index (κ2) is 7.21. The summed E-state index contributed by atoms with van der Waals surface area (Å²) in [5.74, 6) is 0. The van der Waals surface area contributed by atoms with E-state index in [1.807, 2.05) is 6.07 Å². The number of aryl methyl sites for hydroxylation is 1. The topological polar surface area (TPSA) is 78.7 Å². The summed E-state index contributed by atoms with van der Waals surface area (Å²) in [5.41, 5.74) is 2.95. The van der Waals surface area contributed by atoms with Crippen LogP contribution >= 0.6 is 0 Å². The molecule has 2 aromatic rings. The lowest BCUT2D eigenvalue weighted by Gasteiger charge is -2.36. The van der Waals surface area contributed by atoms with Crippen molar-refractivity contribution in [2.75, 3.05) is 36.4 Å². The van der Waals surface area contributed by atoms with Gasteiger partial charge in [-0.1, -0.05) is 12.1 Å². The Labute approximate surface area is 146 Å². The van der Waals surface area contributed by atoms with Gasteiger partial charge in [0.2, 0.25) is 0 Å². The van der Waals surface area contributed by atoms with Crippen LogP contribution in [0, 0.1) is 17.0 Å². The average Bonchev–Trinajstić information content (AvgIpc) is 2.62. The molecule has 0 atom stereocenters. The first-order valence-electron chi connectivity index (χ1n) is 8.15. The third-order valence-electron chi connectivity index (χ3n) is 4.26. The quantitative estimate of drug-likeness (QED) is 0.687. The summed E-state index contributed by atoms with van der Waals surface area (Å²) < 4.78 is 0. The highest BCUT2D eigenvalue weighted by Gasteiger charge is 2.21. The number of amides is 2. The molecular weight excluding hydrogens is 320 g/mol. The van der Waals surface area contributed by atoms with Crippen LogP contribution in [0.3, 0.4) is 0 Å². The van der Waals surface area contributed by atoms with Crippen molar-refractivity contribution in [2.24, 2.45) is 0 Å². The lowest BCUT2D eigenvalue weighted by molar-refractivity contribution is -0.384. The number of piperazine rings is 1. The van der Waals surface area contributed by atoms with Crippen LogP contribution in [0.5, 0.6) is 0 Å². The molecular formula is C18H20N4O3. The molecule has 0 spiro atoms. The van der Waals surface area contributed by atoms with Crippen molar-refractivity contribution >= 4 is 23.1 Å². The van der Waals surface area contributed by atoms with Crippen molar-refractivity contribution in [1.29, 1.82) is 0 Å². The summed E-state index contributed by atoms with van der Waals surface area (Å²) in [6.45, 7) is 4.88. The Morgan fingerprint density at radius 1 is 1.08 bits per heavy atom. The first kappa shape index (κ1) is 16.8. The number of hydrogen-bond donors (Lipinski definition) is 1. The van der Waals surface area contributed by atoms with Crippen LogP contribution in [0.1, 0.15) is 5.56 Å². The van der Waals surface area contributed by atoms with Gasteiger partial charge < -0.3 is 15.1 Å². The summed E-state index contributed by atoms with van der Waals surface area (Å²) in [6.07, 6.45) is 0. The number of nitro groups is 1. The molecule has 7 heteroatoms. The van der Waals surface area contributed by atoms with E-state index in [1.54, 1.807) is 17.0 Å². The fourth-order valence-corrected chi connectivity index (χ4v) is 2.86. The predicted molar refractivity (Wildman–Crippen MR) is 97.1 cm³/mol. The number of urea groups is 1. The molecule has 1 aliphatic heterocycles. The molecule has 0 bridgehead atoms. The Morgan fingerprint density at radius 3 is 2.36 bits per heavy atom. The van der Waals surface area contributed by atoms with Gasteiger partial charge in [0.15, 0.2) is 0 Å². The van der Waals surface area contributed by atoms with Gasteiger partial charge in [0.25, 0.3) is 5.69 Å². The van der Waals surface area contributed by atoms with Crippen molar-refractivity contribution in [3.63, 3.8) is 0 Å². The SMILES string of the molecule is Cc1cccc(N2CCN(C(=O)Nc3ccc([N+](=O)[O-])cc3)CC2)c1. The normalized spacial score (nSPS) is 14.3. The van der Waals surface area contributed by atoms with Gasteiger partial charge in [-0.15, -0.1) is 0 Å². The third-order valence-corrected chi connectivity index (χ3v) is 4.26. The molecule has 1 aliphatic rings. The van der Waals surface area contributed by atoms with Gasteiger partial charge in [0, 0.05) is 49.7 Å². The molecule has 1 N–H and O–H groups in total. The Kier molecular flexibility index (Phi) is 4.83. The zero-order valence-electron chi connectivity index (χ0n) is 14.0. The second-order valence-electron chi connectivity index (χ2n) is 6.05. The largest absolute Gasteiger partial charge is 0.368 e. The summed E-state index contributed by atoms with van der Waals surface area (Å²) in [5, 5.41) is 13.4. The molecule has 2 amide bonds. The second-order valence-corrected chi connectivity index (χ2v) is 6.05. The molecule has 0 aromatic heterocycles. The lowest BCUT2D eigenvalue weighted by Crippen LogP contribution is -2.50. The van der Waals surface area contributed by atoms with Gasteiger partial charge >= 0.3 is 6.03 Å². The minimum absolute atomic E-state index is 0.00441. The van der Waals surface area contributed by atoms with Crippen molar-refractivity contribution < 1.29 is 9.72 Å². The van der Waals surface area contributed by atoms with Gasteiger partial charge in [0.1, 0.15) is 0 Å². The van der Waals surface area contributed by atoms with E-state index in [-0.39, 0.29) is 11.7 Å². The highest BCUT2D eigenvalue weighted by atomic mass is 16.6. The molecule has 0 saturated carbocycles. The average molecular weight is 340 g/mol. The number of carbonyl (C=O) groups is 1. The molecule has 3 rings (SSSR count). The third kappa shape index (κ3) is 4.06. The van der Waals surface area contributed by atoms with Gasteiger partial charge in [-0.25, -0.2) is 4.79 Å². The summed E-state index contributed by atoms with van der Waals surface area (Å²) in [4.78, 5) is 26.6. The van der Waals surface area contributed by atoms with Crippen molar-refractivity contribution in [3.05, 3.63) is 64.2 Å². The number of anilines is 2. The minimum atomic E-state index is -0.462. The van der Waals surface area contributed by atoms with Gasteiger partial charge in [-0.3, -0.25) is 10.1 Å². The Bertz CT molecular complexity index is 768. The van der Waals surface area contributed by atoms with E-state index < -0.39 is 4.92 Å². The van der Waals surface area contributed by atoms with Gasteiger partial charge in [0.05, 0.1) is 4.92 Å². The maximum Gasteiger partial charge on any atom is 0.321 e. The maximum absolute atomic E-state index is 12.3. The fraction of sp³-hybridized carbons (Fsp3) is 0.278.